The smallest absolute Gasteiger partial charge is 0.220 e. The molecular weight excluding hydrogens is 369 g/mol. The lowest BCUT2D eigenvalue weighted by Crippen LogP contribution is -2.34. The average molecular weight is 398 g/mol. The Morgan fingerprint density at radius 1 is 1.08 bits per heavy atom. The first-order chi connectivity index (χ1) is 11.5. The van der Waals surface area contributed by atoms with Crippen molar-refractivity contribution in [3.8, 4) is 0 Å². The molecule has 0 aliphatic heterocycles. The van der Waals surface area contributed by atoms with Gasteiger partial charge in [-0.1, -0.05) is 48.0 Å². The Labute approximate surface area is 169 Å². The van der Waals surface area contributed by atoms with Crippen molar-refractivity contribution in [2.75, 3.05) is 26.4 Å². The number of nitrogen functional groups attached to an aromatic ring is 1. The van der Waals surface area contributed by atoms with E-state index in [9.17, 15) is 4.79 Å². The molecule has 4 nitrogen and oxygen atoms in total. The van der Waals surface area contributed by atoms with Crippen molar-refractivity contribution in [2.24, 2.45) is 0 Å². The summed E-state index contributed by atoms with van der Waals surface area (Å²) in [5.41, 5.74) is 10.1. The third-order valence-corrected chi connectivity index (χ3v) is 4.25. The molecule has 1 unspecified atom stereocenters. The van der Waals surface area contributed by atoms with Crippen LogP contribution in [0.2, 0.25) is 0 Å². The van der Waals surface area contributed by atoms with Gasteiger partial charge in [-0.2, -0.15) is 0 Å². The number of nitrogens with one attached hydrogen (secondary N) is 1. The highest BCUT2D eigenvalue weighted by Crippen LogP contribution is 2.18. The van der Waals surface area contributed by atoms with Crippen LogP contribution in [0.25, 0.3) is 0 Å². The minimum atomic E-state index is 0. The molecule has 144 valence electrons. The van der Waals surface area contributed by atoms with Crippen LogP contribution in [0.5, 0.6) is 0 Å². The predicted molar refractivity (Wildman–Crippen MR) is 114 cm³/mol. The molecule has 3 N–H and O–H groups in total. The van der Waals surface area contributed by atoms with Gasteiger partial charge in [-0.15, -0.1) is 24.8 Å². The van der Waals surface area contributed by atoms with E-state index in [1.165, 1.54) is 11.1 Å². The van der Waals surface area contributed by atoms with E-state index in [1.54, 1.807) is 0 Å². The summed E-state index contributed by atoms with van der Waals surface area (Å²) in [7, 11) is 4.06. The van der Waals surface area contributed by atoms with Crippen LogP contribution < -0.4 is 11.1 Å². The van der Waals surface area contributed by atoms with Crippen LogP contribution in [-0.2, 0) is 11.2 Å². The Morgan fingerprint density at radius 2 is 1.69 bits per heavy atom. The zero-order chi connectivity index (χ0) is 17.5. The van der Waals surface area contributed by atoms with Crippen LogP contribution in [-0.4, -0.2) is 31.4 Å². The summed E-state index contributed by atoms with van der Waals surface area (Å²) in [4.78, 5) is 14.3. The first kappa shape index (κ1) is 24.2. The Kier molecular flexibility index (Phi) is 11.0. The molecule has 6 heteroatoms. The number of halogens is 2. The number of rotatable bonds is 7. The van der Waals surface area contributed by atoms with Crippen LogP contribution >= 0.6 is 24.8 Å². The number of benzene rings is 2. The molecule has 2 rings (SSSR count). The van der Waals surface area contributed by atoms with Gasteiger partial charge in [-0.25, -0.2) is 0 Å². The zero-order valence-electron chi connectivity index (χ0n) is 15.6. The lowest BCUT2D eigenvalue weighted by Gasteiger charge is -2.25. The van der Waals surface area contributed by atoms with Gasteiger partial charge in [0.05, 0.1) is 6.04 Å². The first-order valence-corrected chi connectivity index (χ1v) is 8.30. The van der Waals surface area contributed by atoms with E-state index in [2.05, 4.69) is 41.4 Å². The fourth-order valence-corrected chi connectivity index (χ4v) is 2.70. The molecular formula is C20H29Cl2N3O. The topological polar surface area (TPSA) is 58.4 Å². The molecule has 0 saturated carbocycles. The average Bonchev–Trinajstić information content (AvgIpc) is 2.55. The van der Waals surface area contributed by atoms with Crippen LogP contribution in [0.1, 0.15) is 29.2 Å². The number of anilines is 1. The monoisotopic (exact) mass is 397 g/mol. The number of likely N-dealkylation sites (N-methyl/N-ethyl adjacent to an activating group) is 1. The van der Waals surface area contributed by atoms with Gasteiger partial charge in [-0.05, 0) is 44.6 Å². The fourth-order valence-electron chi connectivity index (χ4n) is 2.70. The lowest BCUT2D eigenvalue weighted by molar-refractivity contribution is -0.121. The highest BCUT2D eigenvalue weighted by atomic mass is 35.5. The van der Waals surface area contributed by atoms with Gasteiger partial charge >= 0.3 is 0 Å². The summed E-state index contributed by atoms with van der Waals surface area (Å²) < 4.78 is 0. The SMILES string of the molecule is Cc1ccc(C(CNC(=O)CCc2ccccc2N)N(C)C)cc1.Cl.Cl. The number of para-hydroxylation sites is 1. The van der Waals surface area contributed by atoms with Crippen LogP contribution in [0.4, 0.5) is 5.69 Å². The van der Waals surface area contributed by atoms with Crippen molar-refractivity contribution in [2.45, 2.75) is 25.8 Å². The van der Waals surface area contributed by atoms with Crippen molar-refractivity contribution in [3.63, 3.8) is 0 Å². The molecule has 0 fully saturated rings. The summed E-state index contributed by atoms with van der Waals surface area (Å²) in [6.45, 7) is 2.67. The molecule has 0 radical (unpaired) electrons. The lowest BCUT2D eigenvalue weighted by atomic mass is 10.0. The van der Waals surface area contributed by atoms with Gasteiger partial charge < -0.3 is 16.0 Å². The Hall–Kier alpha value is -1.75. The van der Waals surface area contributed by atoms with Gasteiger partial charge in [0.1, 0.15) is 0 Å². The first-order valence-electron chi connectivity index (χ1n) is 8.30. The van der Waals surface area contributed by atoms with E-state index in [-0.39, 0.29) is 36.8 Å². The van der Waals surface area contributed by atoms with E-state index < -0.39 is 0 Å². The second-order valence-corrected chi connectivity index (χ2v) is 6.39. The molecule has 1 atom stereocenters. The molecule has 1 amide bonds. The normalized spacial score (nSPS) is 11.2. The quantitative estimate of drug-likeness (QED) is 0.698. The fraction of sp³-hybridized carbons (Fsp3) is 0.350. The summed E-state index contributed by atoms with van der Waals surface area (Å²) in [6.07, 6.45) is 1.11. The number of hydrogen-bond donors (Lipinski definition) is 2. The van der Waals surface area contributed by atoms with Gasteiger partial charge in [0.2, 0.25) is 5.91 Å². The minimum Gasteiger partial charge on any atom is -0.399 e. The molecule has 0 aromatic heterocycles. The van der Waals surface area contributed by atoms with E-state index in [4.69, 9.17) is 5.73 Å². The highest BCUT2D eigenvalue weighted by molar-refractivity contribution is 5.85. The molecule has 0 aliphatic carbocycles. The Morgan fingerprint density at radius 3 is 2.27 bits per heavy atom. The van der Waals surface area contributed by atoms with Crippen LogP contribution in [0, 0.1) is 6.92 Å². The summed E-state index contributed by atoms with van der Waals surface area (Å²) in [6, 6.07) is 16.3. The van der Waals surface area contributed by atoms with Crippen LogP contribution in [0.15, 0.2) is 48.5 Å². The highest BCUT2D eigenvalue weighted by Gasteiger charge is 2.15. The summed E-state index contributed by atoms with van der Waals surface area (Å²) in [5, 5.41) is 3.05. The number of hydrogen-bond acceptors (Lipinski definition) is 3. The maximum absolute atomic E-state index is 12.2. The van der Waals surface area contributed by atoms with Crippen molar-refractivity contribution in [3.05, 3.63) is 65.2 Å². The van der Waals surface area contributed by atoms with Crippen molar-refractivity contribution >= 4 is 36.4 Å². The van der Waals surface area contributed by atoms with E-state index in [0.29, 0.717) is 19.4 Å². The largest absolute Gasteiger partial charge is 0.399 e. The number of carbonyl (C=O) groups is 1. The van der Waals surface area contributed by atoms with Gasteiger partial charge in [-0.3, -0.25) is 4.79 Å². The third-order valence-electron chi connectivity index (χ3n) is 4.25. The standard InChI is InChI=1S/C20H27N3O.2ClH/c1-15-8-10-17(11-9-15)19(23(2)3)14-22-20(24)13-12-16-6-4-5-7-18(16)21;;/h4-11,19H,12-14,21H2,1-3H3,(H,22,24);2*1H. The van der Waals surface area contributed by atoms with Crippen molar-refractivity contribution in [1.82, 2.24) is 10.2 Å². The van der Waals surface area contributed by atoms with E-state index in [0.717, 1.165) is 11.3 Å². The summed E-state index contributed by atoms with van der Waals surface area (Å²) in [5.74, 6) is 0.0530. The van der Waals surface area contributed by atoms with Crippen molar-refractivity contribution in [1.29, 1.82) is 0 Å². The molecule has 0 bridgehead atoms. The van der Waals surface area contributed by atoms with Gasteiger partial charge in [0, 0.05) is 18.7 Å². The minimum absolute atomic E-state index is 0. The molecule has 2 aromatic carbocycles. The maximum Gasteiger partial charge on any atom is 0.220 e. The van der Waals surface area contributed by atoms with Gasteiger partial charge in [0.25, 0.3) is 0 Å². The van der Waals surface area contributed by atoms with Crippen molar-refractivity contribution < 1.29 is 4.79 Å². The predicted octanol–water partition coefficient (Wildman–Crippen LogP) is 3.77. The second-order valence-electron chi connectivity index (χ2n) is 6.39. The number of nitrogens with zero attached hydrogens (tertiary/aromatic N) is 1. The molecule has 0 spiro atoms. The molecule has 2 aromatic rings. The Balaban J connectivity index is 0.00000312. The van der Waals surface area contributed by atoms with Crippen LogP contribution in [0.3, 0.4) is 0 Å². The number of carbonyl (C=O) groups excluding carboxylic acids is 1. The maximum atomic E-state index is 12.2. The second kappa shape index (κ2) is 11.8. The van der Waals surface area contributed by atoms with E-state index in [1.807, 2.05) is 38.4 Å². The molecule has 0 saturated heterocycles. The number of nitrogens with two attached hydrogens (primary N) is 1. The molecule has 0 aliphatic rings. The zero-order valence-corrected chi connectivity index (χ0v) is 17.2. The number of aryl methyl sites for hydroxylation is 2. The molecule has 0 heterocycles. The van der Waals surface area contributed by atoms with Gasteiger partial charge in [0.15, 0.2) is 0 Å². The van der Waals surface area contributed by atoms with E-state index >= 15 is 0 Å². The Bertz CT molecular complexity index is 675. The summed E-state index contributed by atoms with van der Waals surface area (Å²) >= 11 is 0. The molecule has 26 heavy (non-hydrogen) atoms. The third kappa shape index (κ3) is 7.24. The number of amides is 1.